The standard InChI is InChI=1S/C26H34N2O3S/c1-3-24(26(30)27-21-12-6-4-7-13-21)28(18-20-11-10-14-22(17-20)31-2)25(29)19-32-23-15-8-5-9-16-23/h5,8-11,14-17,21,24H,3-4,6-7,12-13,18-19H2,1-2H3,(H,27,30)/t24-/m1/s1. The van der Waals surface area contributed by atoms with E-state index in [0.29, 0.717) is 18.7 Å². The third-order valence-corrected chi connectivity index (χ3v) is 6.93. The molecule has 2 aromatic rings. The number of nitrogens with one attached hydrogen (secondary N) is 1. The zero-order chi connectivity index (χ0) is 22.8. The number of thioether (sulfide) groups is 1. The Morgan fingerprint density at radius 2 is 1.84 bits per heavy atom. The minimum Gasteiger partial charge on any atom is -0.497 e. The average Bonchev–Trinajstić information content (AvgIpc) is 2.83. The van der Waals surface area contributed by atoms with E-state index in [9.17, 15) is 9.59 Å². The van der Waals surface area contributed by atoms with Crippen LogP contribution in [0.4, 0.5) is 0 Å². The van der Waals surface area contributed by atoms with Crippen LogP contribution in [-0.4, -0.2) is 41.7 Å². The number of carbonyl (C=O) groups is 2. The predicted octanol–water partition coefficient (Wildman–Crippen LogP) is 5.04. The maximum Gasteiger partial charge on any atom is 0.243 e. The van der Waals surface area contributed by atoms with Gasteiger partial charge in [0.15, 0.2) is 0 Å². The van der Waals surface area contributed by atoms with Gasteiger partial charge in [0.05, 0.1) is 12.9 Å². The Hall–Kier alpha value is -2.47. The van der Waals surface area contributed by atoms with Crippen molar-refractivity contribution >= 4 is 23.6 Å². The van der Waals surface area contributed by atoms with E-state index in [-0.39, 0.29) is 17.9 Å². The van der Waals surface area contributed by atoms with Crippen LogP contribution in [0, 0.1) is 0 Å². The topological polar surface area (TPSA) is 58.6 Å². The first kappa shape index (κ1) is 24.2. The highest BCUT2D eigenvalue weighted by Crippen LogP contribution is 2.22. The smallest absolute Gasteiger partial charge is 0.243 e. The lowest BCUT2D eigenvalue weighted by Gasteiger charge is -2.32. The van der Waals surface area contributed by atoms with Gasteiger partial charge in [0, 0.05) is 17.5 Å². The quantitative estimate of drug-likeness (QED) is 0.511. The molecule has 0 spiro atoms. The molecule has 172 valence electrons. The van der Waals surface area contributed by atoms with Crippen LogP contribution in [0.25, 0.3) is 0 Å². The van der Waals surface area contributed by atoms with Crippen LogP contribution in [0.5, 0.6) is 5.75 Å². The maximum absolute atomic E-state index is 13.4. The summed E-state index contributed by atoms with van der Waals surface area (Å²) in [5.41, 5.74) is 0.950. The fourth-order valence-corrected chi connectivity index (χ4v) is 4.98. The maximum atomic E-state index is 13.4. The van der Waals surface area contributed by atoms with Gasteiger partial charge in [0.2, 0.25) is 11.8 Å². The summed E-state index contributed by atoms with van der Waals surface area (Å²) in [6.07, 6.45) is 6.17. The molecular formula is C26H34N2O3S. The van der Waals surface area contributed by atoms with E-state index in [2.05, 4.69) is 5.32 Å². The summed E-state index contributed by atoms with van der Waals surface area (Å²) >= 11 is 1.50. The molecule has 0 aliphatic heterocycles. The summed E-state index contributed by atoms with van der Waals surface area (Å²) in [6.45, 7) is 2.35. The molecule has 1 fully saturated rings. The molecule has 5 nitrogen and oxygen atoms in total. The third kappa shape index (κ3) is 7.02. The largest absolute Gasteiger partial charge is 0.497 e. The number of ether oxygens (including phenoxy) is 1. The van der Waals surface area contributed by atoms with Crippen LogP contribution in [-0.2, 0) is 16.1 Å². The first-order valence-corrected chi connectivity index (χ1v) is 12.5. The second kappa shape index (κ2) is 12.5. The molecule has 3 rings (SSSR count). The molecule has 1 saturated carbocycles. The average molecular weight is 455 g/mol. The molecule has 2 aromatic carbocycles. The third-order valence-electron chi connectivity index (χ3n) is 5.93. The van der Waals surface area contributed by atoms with Gasteiger partial charge in [-0.2, -0.15) is 0 Å². The van der Waals surface area contributed by atoms with E-state index >= 15 is 0 Å². The fourth-order valence-electron chi connectivity index (χ4n) is 4.18. The second-order valence-corrected chi connectivity index (χ2v) is 9.29. The summed E-state index contributed by atoms with van der Waals surface area (Å²) in [4.78, 5) is 29.4. The lowest BCUT2D eigenvalue weighted by atomic mass is 9.95. The number of hydrogen-bond donors (Lipinski definition) is 1. The van der Waals surface area contributed by atoms with Crippen molar-refractivity contribution in [2.45, 2.75) is 69.0 Å². The van der Waals surface area contributed by atoms with Gasteiger partial charge in [-0.15, -0.1) is 11.8 Å². The Morgan fingerprint density at radius 1 is 1.09 bits per heavy atom. The second-order valence-electron chi connectivity index (χ2n) is 8.24. The summed E-state index contributed by atoms with van der Waals surface area (Å²) in [5, 5.41) is 3.22. The van der Waals surface area contributed by atoms with Gasteiger partial charge in [-0.05, 0) is 49.1 Å². The zero-order valence-corrected chi connectivity index (χ0v) is 19.9. The van der Waals surface area contributed by atoms with Gasteiger partial charge in [-0.25, -0.2) is 0 Å². The summed E-state index contributed by atoms with van der Waals surface area (Å²) in [5.74, 6) is 0.960. The summed E-state index contributed by atoms with van der Waals surface area (Å²) in [7, 11) is 1.63. The van der Waals surface area contributed by atoms with Crippen molar-refractivity contribution in [1.29, 1.82) is 0 Å². The van der Waals surface area contributed by atoms with Crippen molar-refractivity contribution in [3.63, 3.8) is 0 Å². The van der Waals surface area contributed by atoms with Crippen LogP contribution in [0.15, 0.2) is 59.5 Å². The number of benzene rings is 2. The van der Waals surface area contributed by atoms with Gasteiger partial charge >= 0.3 is 0 Å². The highest BCUT2D eigenvalue weighted by Gasteiger charge is 2.30. The monoisotopic (exact) mass is 454 g/mol. The lowest BCUT2D eigenvalue weighted by Crippen LogP contribution is -2.52. The predicted molar refractivity (Wildman–Crippen MR) is 130 cm³/mol. The molecule has 1 atom stereocenters. The van der Waals surface area contributed by atoms with Crippen LogP contribution in [0.3, 0.4) is 0 Å². The van der Waals surface area contributed by atoms with E-state index in [1.165, 1.54) is 18.2 Å². The number of hydrogen-bond acceptors (Lipinski definition) is 4. The molecule has 0 bridgehead atoms. The van der Waals surface area contributed by atoms with E-state index < -0.39 is 6.04 Å². The first-order chi connectivity index (χ1) is 15.6. The van der Waals surface area contributed by atoms with Gasteiger partial charge in [0.1, 0.15) is 11.8 Å². The first-order valence-electron chi connectivity index (χ1n) is 11.5. The lowest BCUT2D eigenvalue weighted by molar-refractivity contribution is -0.139. The minimum absolute atomic E-state index is 0.0349. The highest BCUT2D eigenvalue weighted by atomic mass is 32.2. The van der Waals surface area contributed by atoms with Crippen LogP contribution in [0.1, 0.15) is 51.0 Å². The molecule has 1 aliphatic rings. The van der Waals surface area contributed by atoms with Gasteiger partial charge in [-0.1, -0.05) is 56.5 Å². The molecule has 0 heterocycles. The molecule has 0 aromatic heterocycles. The Morgan fingerprint density at radius 3 is 2.53 bits per heavy atom. The Balaban J connectivity index is 1.76. The van der Waals surface area contributed by atoms with E-state index in [0.717, 1.165) is 41.9 Å². The van der Waals surface area contributed by atoms with Crippen molar-refractivity contribution in [2.75, 3.05) is 12.9 Å². The zero-order valence-electron chi connectivity index (χ0n) is 19.1. The number of nitrogens with zero attached hydrogens (tertiary/aromatic N) is 1. The van der Waals surface area contributed by atoms with E-state index in [1.807, 2.05) is 61.5 Å². The Labute approximate surface area is 195 Å². The van der Waals surface area contributed by atoms with Crippen molar-refractivity contribution < 1.29 is 14.3 Å². The molecule has 6 heteroatoms. The number of methoxy groups -OCH3 is 1. The fraction of sp³-hybridized carbons (Fsp3) is 0.462. The van der Waals surface area contributed by atoms with Crippen LogP contribution < -0.4 is 10.1 Å². The normalized spacial score (nSPS) is 15.1. The Kier molecular flexibility index (Phi) is 9.47. The van der Waals surface area contributed by atoms with E-state index in [1.54, 1.807) is 12.0 Å². The molecule has 0 unspecified atom stereocenters. The van der Waals surface area contributed by atoms with Crippen LogP contribution in [0.2, 0.25) is 0 Å². The molecule has 2 amide bonds. The summed E-state index contributed by atoms with van der Waals surface area (Å²) in [6, 6.07) is 17.3. The van der Waals surface area contributed by atoms with Gasteiger partial charge in [-0.3, -0.25) is 9.59 Å². The van der Waals surface area contributed by atoms with Crippen LogP contribution >= 0.6 is 11.8 Å². The molecule has 32 heavy (non-hydrogen) atoms. The highest BCUT2D eigenvalue weighted by molar-refractivity contribution is 8.00. The van der Waals surface area contributed by atoms with Gasteiger partial charge < -0.3 is 15.0 Å². The molecule has 1 aliphatic carbocycles. The minimum atomic E-state index is -0.494. The number of carbonyl (C=O) groups excluding carboxylic acids is 2. The van der Waals surface area contributed by atoms with Crippen molar-refractivity contribution in [1.82, 2.24) is 10.2 Å². The number of rotatable bonds is 10. The molecule has 0 radical (unpaired) electrons. The summed E-state index contributed by atoms with van der Waals surface area (Å²) < 4.78 is 5.35. The SMILES string of the molecule is CC[C@H](C(=O)NC1CCCCC1)N(Cc1cccc(OC)c1)C(=O)CSc1ccccc1. The van der Waals surface area contributed by atoms with Crippen molar-refractivity contribution in [3.05, 3.63) is 60.2 Å². The number of amides is 2. The Bertz CT molecular complexity index is 868. The molecule has 1 N–H and O–H groups in total. The van der Waals surface area contributed by atoms with Gasteiger partial charge in [0.25, 0.3) is 0 Å². The van der Waals surface area contributed by atoms with Crippen molar-refractivity contribution in [2.24, 2.45) is 0 Å². The molecular weight excluding hydrogens is 420 g/mol. The van der Waals surface area contributed by atoms with Crippen molar-refractivity contribution in [3.8, 4) is 5.75 Å². The molecule has 0 saturated heterocycles. The van der Waals surface area contributed by atoms with E-state index in [4.69, 9.17) is 4.74 Å².